The van der Waals surface area contributed by atoms with Crippen molar-refractivity contribution in [3.05, 3.63) is 35.9 Å². The molecule has 2 bridgehead atoms. The van der Waals surface area contributed by atoms with Crippen molar-refractivity contribution in [2.24, 2.45) is 0 Å². The second kappa shape index (κ2) is 4.00. The normalized spacial score (nSPS) is 31.9. The second-order valence-corrected chi connectivity index (χ2v) is 5.44. The molecule has 4 heteroatoms. The Morgan fingerprint density at radius 2 is 2.18 bits per heavy atom. The topological polar surface area (TPSA) is 32.3 Å². The van der Waals surface area contributed by atoms with E-state index in [4.69, 9.17) is 11.6 Å². The number of alkyl halides is 1. The summed E-state index contributed by atoms with van der Waals surface area (Å²) in [5.41, 5.74) is 1.16. The number of rotatable bonds is 2. The molecule has 17 heavy (non-hydrogen) atoms. The molecular weight excluding hydrogens is 236 g/mol. The third-order valence-corrected chi connectivity index (χ3v) is 4.16. The summed E-state index contributed by atoms with van der Waals surface area (Å²) in [6, 6.07) is 10.4. The number of amides is 1. The van der Waals surface area contributed by atoms with Gasteiger partial charge in [-0.3, -0.25) is 10.1 Å². The van der Waals surface area contributed by atoms with Crippen molar-refractivity contribution in [3.63, 3.8) is 0 Å². The Morgan fingerprint density at radius 1 is 1.41 bits per heavy atom. The van der Waals surface area contributed by atoms with Crippen LogP contribution < -0.4 is 5.32 Å². The standard InChI is InChI=1S/C13H15ClN2O/c14-13-7-6-11(8-15-13)16(12(13)17)9-10-4-2-1-3-5-10/h1-5,11,15H,6-9H2. The summed E-state index contributed by atoms with van der Waals surface area (Å²) in [6.45, 7) is 1.47. The van der Waals surface area contributed by atoms with Crippen molar-refractivity contribution in [3.8, 4) is 0 Å². The van der Waals surface area contributed by atoms with Gasteiger partial charge in [-0.15, -0.1) is 0 Å². The third-order valence-electron chi connectivity index (χ3n) is 3.68. The second-order valence-electron chi connectivity index (χ2n) is 4.79. The molecule has 1 aromatic carbocycles. The molecule has 3 saturated heterocycles. The number of fused-ring (bicyclic) bond motifs is 3. The third kappa shape index (κ3) is 1.83. The summed E-state index contributed by atoms with van der Waals surface area (Å²) in [5.74, 6) is 0.0329. The monoisotopic (exact) mass is 250 g/mol. The van der Waals surface area contributed by atoms with Gasteiger partial charge in [0.15, 0.2) is 5.00 Å². The number of hydrogen-bond donors (Lipinski definition) is 1. The van der Waals surface area contributed by atoms with Crippen LogP contribution in [0, 0.1) is 0 Å². The number of carbonyl (C=O) groups excluding carboxylic acids is 1. The summed E-state index contributed by atoms with van der Waals surface area (Å²) < 4.78 is 0. The Kier molecular flexibility index (Phi) is 2.60. The van der Waals surface area contributed by atoms with Crippen LogP contribution in [0.25, 0.3) is 0 Å². The number of benzene rings is 1. The first kappa shape index (κ1) is 11.1. The molecule has 2 unspecified atom stereocenters. The van der Waals surface area contributed by atoms with Crippen molar-refractivity contribution in [2.45, 2.75) is 30.4 Å². The maximum atomic E-state index is 12.2. The van der Waals surface area contributed by atoms with Gasteiger partial charge in [0.05, 0.1) is 0 Å². The van der Waals surface area contributed by atoms with Gasteiger partial charge < -0.3 is 4.90 Å². The highest BCUT2D eigenvalue weighted by Crippen LogP contribution is 2.35. The average Bonchev–Trinajstić information content (AvgIpc) is 2.36. The Bertz CT molecular complexity index is 426. The van der Waals surface area contributed by atoms with Crippen LogP contribution in [0.1, 0.15) is 18.4 Å². The van der Waals surface area contributed by atoms with Crippen LogP contribution in [-0.2, 0) is 11.3 Å². The smallest absolute Gasteiger partial charge is 0.258 e. The predicted octanol–water partition coefficient (Wildman–Crippen LogP) is 1.72. The van der Waals surface area contributed by atoms with Crippen LogP contribution in [0.5, 0.6) is 0 Å². The zero-order valence-corrected chi connectivity index (χ0v) is 10.3. The fourth-order valence-corrected chi connectivity index (χ4v) is 2.95. The quantitative estimate of drug-likeness (QED) is 0.640. The van der Waals surface area contributed by atoms with Crippen molar-refractivity contribution >= 4 is 17.5 Å². The average molecular weight is 251 g/mol. The lowest BCUT2D eigenvalue weighted by atomic mass is 9.91. The summed E-state index contributed by atoms with van der Waals surface area (Å²) in [7, 11) is 0. The minimum atomic E-state index is -0.844. The van der Waals surface area contributed by atoms with E-state index in [2.05, 4.69) is 5.32 Å². The lowest BCUT2D eigenvalue weighted by Crippen LogP contribution is -2.69. The molecule has 1 amide bonds. The van der Waals surface area contributed by atoms with Crippen molar-refractivity contribution < 1.29 is 4.79 Å². The van der Waals surface area contributed by atoms with Crippen LogP contribution in [0.4, 0.5) is 0 Å². The van der Waals surface area contributed by atoms with E-state index in [0.29, 0.717) is 12.6 Å². The maximum Gasteiger partial charge on any atom is 0.258 e. The molecule has 3 nitrogen and oxygen atoms in total. The molecule has 0 saturated carbocycles. The number of halogens is 1. The number of piperazine rings is 1. The van der Waals surface area contributed by atoms with E-state index in [-0.39, 0.29) is 5.91 Å². The number of nitrogens with zero attached hydrogens (tertiary/aromatic N) is 1. The van der Waals surface area contributed by atoms with Crippen molar-refractivity contribution in [1.82, 2.24) is 10.2 Å². The number of nitrogens with one attached hydrogen (secondary N) is 1. The Labute approximate surface area is 106 Å². The van der Waals surface area contributed by atoms with E-state index >= 15 is 0 Å². The molecule has 90 valence electrons. The molecule has 2 atom stereocenters. The summed E-state index contributed by atoms with van der Waals surface area (Å²) in [5, 5.41) is 3.13. The molecule has 1 aromatic rings. The number of carbonyl (C=O) groups is 1. The fraction of sp³-hybridized carbons (Fsp3) is 0.462. The van der Waals surface area contributed by atoms with E-state index in [9.17, 15) is 4.79 Å². The van der Waals surface area contributed by atoms with Gasteiger partial charge in [-0.1, -0.05) is 41.9 Å². The van der Waals surface area contributed by atoms with E-state index in [1.165, 1.54) is 0 Å². The Hall–Kier alpha value is -1.06. The highest BCUT2D eigenvalue weighted by Gasteiger charge is 2.50. The molecular formula is C13H15ClN2O. The Balaban J connectivity index is 1.82. The number of hydrogen-bond acceptors (Lipinski definition) is 2. The molecule has 3 aliphatic heterocycles. The lowest BCUT2D eigenvalue weighted by Gasteiger charge is -2.49. The molecule has 0 radical (unpaired) electrons. The minimum absolute atomic E-state index is 0.0329. The Morgan fingerprint density at radius 3 is 2.82 bits per heavy atom. The van der Waals surface area contributed by atoms with Gasteiger partial charge in [0, 0.05) is 19.1 Å². The van der Waals surface area contributed by atoms with Crippen LogP contribution >= 0.6 is 11.6 Å². The van der Waals surface area contributed by atoms with Crippen LogP contribution in [-0.4, -0.2) is 28.4 Å². The molecule has 3 aliphatic rings. The zero-order valence-electron chi connectivity index (χ0n) is 9.53. The van der Waals surface area contributed by atoms with Crippen molar-refractivity contribution in [1.29, 1.82) is 0 Å². The van der Waals surface area contributed by atoms with Gasteiger partial charge in [-0.25, -0.2) is 0 Å². The first-order chi connectivity index (χ1) is 8.19. The predicted molar refractivity (Wildman–Crippen MR) is 66.6 cm³/mol. The molecule has 0 spiro atoms. The SMILES string of the molecule is O=C1N(Cc2ccccc2)C2CCC1(Cl)NC2. The van der Waals surface area contributed by atoms with Crippen LogP contribution in [0.3, 0.4) is 0 Å². The molecule has 0 aromatic heterocycles. The van der Waals surface area contributed by atoms with Crippen LogP contribution in [0.15, 0.2) is 30.3 Å². The largest absolute Gasteiger partial charge is 0.331 e. The van der Waals surface area contributed by atoms with Gasteiger partial charge in [0.1, 0.15) is 0 Å². The van der Waals surface area contributed by atoms with Gasteiger partial charge in [-0.05, 0) is 18.4 Å². The highest BCUT2D eigenvalue weighted by molar-refractivity contribution is 6.35. The van der Waals surface area contributed by atoms with Gasteiger partial charge in [0.25, 0.3) is 5.91 Å². The minimum Gasteiger partial charge on any atom is -0.331 e. The fourth-order valence-electron chi connectivity index (χ4n) is 2.66. The molecule has 0 aliphatic carbocycles. The molecule has 1 N–H and O–H groups in total. The lowest BCUT2D eigenvalue weighted by molar-refractivity contribution is -0.146. The highest BCUT2D eigenvalue weighted by atomic mass is 35.5. The van der Waals surface area contributed by atoms with Crippen molar-refractivity contribution in [2.75, 3.05) is 6.54 Å². The van der Waals surface area contributed by atoms with Gasteiger partial charge >= 0.3 is 0 Å². The molecule has 4 rings (SSSR count). The first-order valence-corrected chi connectivity index (χ1v) is 6.36. The molecule has 3 fully saturated rings. The molecule has 3 heterocycles. The van der Waals surface area contributed by atoms with Crippen LogP contribution in [0.2, 0.25) is 0 Å². The summed E-state index contributed by atoms with van der Waals surface area (Å²) in [4.78, 5) is 13.3. The van der Waals surface area contributed by atoms with Gasteiger partial charge in [-0.2, -0.15) is 0 Å². The first-order valence-electron chi connectivity index (χ1n) is 5.98. The van der Waals surface area contributed by atoms with E-state index in [1.54, 1.807) is 0 Å². The number of piperidine rings is 2. The maximum absolute atomic E-state index is 12.2. The summed E-state index contributed by atoms with van der Waals surface area (Å²) in [6.07, 6.45) is 1.73. The van der Waals surface area contributed by atoms with E-state index < -0.39 is 5.00 Å². The zero-order chi connectivity index (χ0) is 11.9. The van der Waals surface area contributed by atoms with E-state index in [0.717, 1.165) is 24.9 Å². The summed E-state index contributed by atoms with van der Waals surface area (Å²) >= 11 is 6.31. The van der Waals surface area contributed by atoms with E-state index in [1.807, 2.05) is 35.2 Å². The van der Waals surface area contributed by atoms with Gasteiger partial charge in [0.2, 0.25) is 0 Å².